The van der Waals surface area contributed by atoms with E-state index in [0.717, 1.165) is 57.3 Å². The molecule has 0 radical (unpaired) electrons. The molecule has 0 spiro atoms. The molecular formula is C30H42ClNO4. The first-order valence-corrected chi connectivity index (χ1v) is 13.3. The number of hydrogen-bond donors (Lipinski definition) is 1. The molecule has 1 aliphatic heterocycles. The fourth-order valence-corrected chi connectivity index (χ4v) is 6.13. The van der Waals surface area contributed by atoms with Gasteiger partial charge >= 0.3 is 0 Å². The summed E-state index contributed by atoms with van der Waals surface area (Å²) in [5.74, 6) is 1.97. The molecule has 5 nitrogen and oxygen atoms in total. The molecule has 1 N–H and O–H groups in total. The minimum absolute atomic E-state index is 0. The van der Waals surface area contributed by atoms with E-state index in [2.05, 4.69) is 29.2 Å². The number of aliphatic hydroxyl groups is 1. The normalized spacial score (nSPS) is 19.2. The molecule has 2 aromatic carbocycles. The van der Waals surface area contributed by atoms with Crippen molar-refractivity contribution >= 4 is 18.2 Å². The van der Waals surface area contributed by atoms with E-state index in [4.69, 9.17) is 9.47 Å². The largest absolute Gasteiger partial charge is 0.493 e. The molecule has 1 atom stereocenters. The predicted molar refractivity (Wildman–Crippen MR) is 146 cm³/mol. The van der Waals surface area contributed by atoms with Crippen LogP contribution in [0.4, 0.5) is 0 Å². The molecule has 2 aromatic rings. The van der Waals surface area contributed by atoms with E-state index < -0.39 is 5.60 Å². The third kappa shape index (κ3) is 6.62. The minimum Gasteiger partial charge on any atom is -0.493 e. The van der Waals surface area contributed by atoms with Crippen LogP contribution in [-0.2, 0) is 5.60 Å². The summed E-state index contributed by atoms with van der Waals surface area (Å²) in [5, 5.41) is 12.2. The van der Waals surface area contributed by atoms with Crippen molar-refractivity contribution in [3.05, 3.63) is 59.7 Å². The van der Waals surface area contributed by atoms with E-state index in [-0.39, 0.29) is 18.2 Å². The topological polar surface area (TPSA) is 59.0 Å². The Balaban J connectivity index is 0.00000361. The molecule has 0 bridgehead atoms. The van der Waals surface area contributed by atoms with Crippen LogP contribution < -0.4 is 9.47 Å². The van der Waals surface area contributed by atoms with E-state index in [1.165, 1.54) is 19.3 Å². The molecule has 4 rings (SSSR count). The number of carbonyl (C=O) groups is 1. The molecule has 36 heavy (non-hydrogen) atoms. The number of ether oxygens (including phenoxy) is 2. The fourth-order valence-electron chi connectivity index (χ4n) is 6.13. The minimum atomic E-state index is -0.709. The molecule has 198 valence electrons. The van der Waals surface area contributed by atoms with Gasteiger partial charge in [-0.1, -0.05) is 49.6 Å². The number of methoxy groups -OCH3 is 1. The third-order valence-corrected chi connectivity index (χ3v) is 8.12. The Hall–Kier alpha value is -2.08. The molecular weight excluding hydrogens is 474 g/mol. The predicted octanol–water partition coefficient (Wildman–Crippen LogP) is 6.27. The standard InChI is InChI=1S/C30H41NO4.ClH/c1-23(32)24-14-15-28(29(22-24)34-2)35-21-9-18-31-19-16-27(17-20-31)30(33,25-10-5-3-6-11-25)26-12-7-4-8-13-26;/h3,5-6,10-11,14-15,22,26-27,33H,4,7-9,12-13,16-21H2,1-2H3;1H. The number of hydrogen-bond acceptors (Lipinski definition) is 5. The number of ketones is 1. The average Bonchev–Trinajstić information content (AvgIpc) is 2.92. The van der Waals surface area contributed by atoms with Gasteiger partial charge in [0.25, 0.3) is 0 Å². The Kier molecular flexibility index (Phi) is 10.7. The van der Waals surface area contributed by atoms with Crippen molar-refractivity contribution in [3.63, 3.8) is 0 Å². The maximum absolute atomic E-state index is 12.2. The second-order valence-corrected chi connectivity index (χ2v) is 10.3. The van der Waals surface area contributed by atoms with Gasteiger partial charge in [-0.2, -0.15) is 0 Å². The molecule has 1 aliphatic carbocycles. The summed E-state index contributed by atoms with van der Waals surface area (Å²) in [4.78, 5) is 14.1. The lowest BCUT2D eigenvalue weighted by atomic mass is 9.65. The summed E-state index contributed by atoms with van der Waals surface area (Å²) in [6, 6.07) is 15.8. The van der Waals surface area contributed by atoms with E-state index in [9.17, 15) is 9.90 Å². The van der Waals surface area contributed by atoms with Gasteiger partial charge in [0.05, 0.1) is 19.3 Å². The second-order valence-electron chi connectivity index (χ2n) is 10.3. The molecule has 1 saturated carbocycles. The number of nitrogens with zero attached hydrogens (tertiary/aromatic N) is 1. The van der Waals surface area contributed by atoms with Crippen molar-refractivity contribution in [2.45, 2.75) is 63.9 Å². The lowest BCUT2D eigenvalue weighted by Crippen LogP contribution is -2.48. The Morgan fingerprint density at radius 1 is 0.972 bits per heavy atom. The Morgan fingerprint density at radius 3 is 2.28 bits per heavy atom. The van der Waals surface area contributed by atoms with Crippen LogP contribution >= 0.6 is 12.4 Å². The SMILES string of the molecule is COc1cc(C(C)=O)ccc1OCCCN1CCC(C(O)(c2ccccc2)C2CCCCC2)CC1.Cl. The Labute approximate surface area is 222 Å². The first-order valence-electron chi connectivity index (χ1n) is 13.3. The highest BCUT2D eigenvalue weighted by Gasteiger charge is 2.46. The van der Waals surface area contributed by atoms with Gasteiger partial charge in [0.2, 0.25) is 0 Å². The van der Waals surface area contributed by atoms with Crippen molar-refractivity contribution in [2.75, 3.05) is 33.4 Å². The van der Waals surface area contributed by atoms with Crippen LogP contribution in [0, 0.1) is 11.8 Å². The summed E-state index contributed by atoms with van der Waals surface area (Å²) in [7, 11) is 1.60. The number of likely N-dealkylation sites (tertiary alicyclic amines) is 1. The molecule has 2 fully saturated rings. The number of carbonyl (C=O) groups excluding carboxylic acids is 1. The molecule has 1 saturated heterocycles. The number of Topliss-reactive ketones (excluding diaryl/α,β-unsaturated/α-hetero) is 1. The van der Waals surface area contributed by atoms with Crippen LogP contribution in [0.2, 0.25) is 0 Å². The van der Waals surface area contributed by atoms with Crippen LogP contribution in [0.3, 0.4) is 0 Å². The van der Waals surface area contributed by atoms with Gasteiger partial charge in [0.1, 0.15) is 0 Å². The van der Waals surface area contributed by atoms with Gasteiger partial charge in [-0.25, -0.2) is 0 Å². The quantitative estimate of drug-likeness (QED) is 0.298. The number of halogens is 1. The molecule has 6 heteroatoms. The van der Waals surface area contributed by atoms with Gasteiger partial charge in [-0.05, 0) is 87.7 Å². The zero-order valence-corrected chi connectivity index (χ0v) is 22.6. The van der Waals surface area contributed by atoms with Gasteiger partial charge in [0, 0.05) is 12.1 Å². The summed E-state index contributed by atoms with van der Waals surface area (Å²) >= 11 is 0. The average molecular weight is 516 g/mol. The molecule has 1 unspecified atom stereocenters. The van der Waals surface area contributed by atoms with E-state index in [1.807, 2.05) is 12.1 Å². The monoisotopic (exact) mass is 515 g/mol. The maximum Gasteiger partial charge on any atom is 0.161 e. The summed E-state index contributed by atoms with van der Waals surface area (Å²) in [6.07, 6.45) is 9.04. The third-order valence-electron chi connectivity index (χ3n) is 8.12. The number of benzene rings is 2. The van der Waals surface area contributed by atoms with Crippen LogP contribution in [0.15, 0.2) is 48.5 Å². The first-order chi connectivity index (χ1) is 17.0. The zero-order valence-electron chi connectivity index (χ0n) is 21.8. The van der Waals surface area contributed by atoms with Crippen molar-refractivity contribution in [3.8, 4) is 11.5 Å². The molecule has 0 amide bonds. The summed E-state index contributed by atoms with van der Waals surface area (Å²) < 4.78 is 11.4. The van der Waals surface area contributed by atoms with Crippen LogP contribution in [0.1, 0.15) is 74.2 Å². The van der Waals surface area contributed by atoms with E-state index >= 15 is 0 Å². The lowest BCUT2D eigenvalue weighted by molar-refractivity contribution is -0.105. The molecule has 0 aromatic heterocycles. The second kappa shape index (κ2) is 13.5. The van der Waals surface area contributed by atoms with Crippen LogP contribution in [0.25, 0.3) is 0 Å². The van der Waals surface area contributed by atoms with Crippen LogP contribution in [0.5, 0.6) is 11.5 Å². The highest BCUT2D eigenvalue weighted by molar-refractivity contribution is 5.94. The van der Waals surface area contributed by atoms with Crippen molar-refractivity contribution in [1.82, 2.24) is 4.90 Å². The first kappa shape index (κ1) is 28.5. The van der Waals surface area contributed by atoms with Gasteiger partial charge < -0.3 is 19.5 Å². The zero-order chi connectivity index (χ0) is 24.7. The number of piperidine rings is 1. The Bertz CT molecular complexity index is 955. The van der Waals surface area contributed by atoms with Crippen molar-refractivity contribution in [2.24, 2.45) is 11.8 Å². The van der Waals surface area contributed by atoms with Crippen molar-refractivity contribution < 1.29 is 19.4 Å². The highest BCUT2D eigenvalue weighted by Crippen LogP contribution is 2.47. The van der Waals surface area contributed by atoms with E-state index in [0.29, 0.717) is 35.5 Å². The highest BCUT2D eigenvalue weighted by atomic mass is 35.5. The van der Waals surface area contributed by atoms with Crippen LogP contribution in [-0.4, -0.2) is 49.1 Å². The molecule has 2 aliphatic rings. The molecule has 1 heterocycles. The van der Waals surface area contributed by atoms with E-state index in [1.54, 1.807) is 26.2 Å². The smallest absolute Gasteiger partial charge is 0.161 e. The van der Waals surface area contributed by atoms with Gasteiger partial charge in [0.15, 0.2) is 17.3 Å². The summed E-state index contributed by atoms with van der Waals surface area (Å²) in [6.45, 7) is 5.17. The fraction of sp³-hybridized carbons (Fsp3) is 0.567. The number of rotatable bonds is 10. The lowest BCUT2D eigenvalue weighted by Gasteiger charge is -2.47. The van der Waals surface area contributed by atoms with Gasteiger partial charge in [-0.15, -0.1) is 12.4 Å². The van der Waals surface area contributed by atoms with Crippen molar-refractivity contribution in [1.29, 1.82) is 0 Å². The summed E-state index contributed by atoms with van der Waals surface area (Å²) in [5.41, 5.74) is 1.03. The maximum atomic E-state index is 12.2. The Morgan fingerprint density at radius 2 is 1.64 bits per heavy atom. The van der Waals surface area contributed by atoms with Gasteiger partial charge in [-0.3, -0.25) is 4.79 Å².